The Balaban J connectivity index is 1.88. The number of carbonyl (C=O) groups excluding carboxylic acids is 1. The molecule has 148 valence electrons. The van der Waals surface area contributed by atoms with Crippen LogP contribution in [-0.4, -0.2) is 16.9 Å². The smallest absolute Gasteiger partial charge is 0.419 e. The highest BCUT2D eigenvalue weighted by molar-refractivity contribution is 6.40. The van der Waals surface area contributed by atoms with Gasteiger partial charge in [-0.05, 0) is 36.4 Å². The van der Waals surface area contributed by atoms with Crippen molar-refractivity contribution in [1.82, 2.24) is 0 Å². The van der Waals surface area contributed by atoms with Crippen molar-refractivity contribution in [3.05, 3.63) is 83.9 Å². The van der Waals surface area contributed by atoms with Crippen LogP contribution in [0.4, 0.5) is 13.2 Å². The summed E-state index contributed by atoms with van der Waals surface area (Å²) in [5.74, 6) is -2.95. The second kappa shape index (κ2) is 8.05. The van der Waals surface area contributed by atoms with Gasteiger partial charge in [0.1, 0.15) is 23.0 Å². The first kappa shape index (κ1) is 19.9. The van der Waals surface area contributed by atoms with E-state index in [-0.39, 0.29) is 28.6 Å². The van der Waals surface area contributed by atoms with E-state index >= 15 is 0 Å². The minimum atomic E-state index is -4.58. The number of halogens is 3. The van der Waals surface area contributed by atoms with Crippen LogP contribution in [0.15, 0.2) is 72.8 Å². The van der Waals surface area contributed by atoms with Gasteiger partial charge in [-0.1, -0.05) is 30.3 Å². The molecule has 0 aliphatic heterocycles. The molecule has 0 saturated carbocycles. The third-order valence-electron chi connectivity index (χ3n) is 3.78. The molecule has 0 bridgehead atoms. The highest BCUT2D eigenvalue weighted by Crippen LogP contribution is 2.38. The van der Waals surface area contributed by atoms with Crippen LogP contribution in [0.25, 0.3) is 0 Å². The maximum atomic E-state index is 13.1. The quantitative estimate of drug-likeness (QED) is 0.432. The van der Waals surface area contributed by atoms with Crippen molar-refractivity contribution in [3.63, 3.8) is 0 Å². The van der Waals surface area contributed by atoms with E-state index in [2.05, 4.69) is 0 Å². The molecule has 3 rings (SSSR count). The van der Waals surface area contributed by atoms with Gasteiger partial charge in [0.2, 0.25) is 0 Å². The van der Waals surface area contributed by atoms with E-state index in [1.807, 2.05) is 0 Å². The van der Waals surface area contributed by atoms with Crippen LogP contribution in [0.3, 0.4) is 0 Å². The highest BCUT2D eigenvalue weighted by Gasteiger charge is 2.34. The number of rotatable bonds is 6. The summed E-state index contributed by atoms with van der Waals surface area (Å²) in [4.78, 5) is 22.7. The molecule has 0 fully saturated rings. The first-order valence-electron chi connectivity index (χ1n) is 8.24. The first-order chi connectivity index (χ1) is 13.8. The predicted molar refractivity (Wildman–Crippen MR) is 96.4 cm³/mol. The number of ether oxygens (including phenoxy) is 2. The number of hydrogen-bond donors (Lipinski definition) is 1. The molecular weight excluding hydrogens is 389 g/mol. The zero-order chi connectivity index (χ0) is 21.0. The number of ketones is 1. The van der Waals surface area contributed by atoms with E-state index in [0.29, 0.717) is 0 Å². The van der Waals surface area contributed by atoms with Gasteiger partial charge in [-0.15, -0.1) is 0 Å². The summed E-state index contributed by atoms with van der Waals surface area (Å²) in [6.45, 7) is 0. The zero-order valence-electron chi connectivity index (χ0n) is 14.6. The first-order valence-corrected chi connectivity index (χ1v) is 8.24. The van der Waals surface area contributed by atoms with Gasteiger partial charge in [0.15, 0.2) is 0 Å². The van der Waals surface area contributed by atoms with Crippen molar-refractivity contribution in [1.29, 1.82) is 0 Å². The highest BCUT2D eigenvalue weighted by atomic mass is 19.4. The van der Waals surface area contributed by atoms with Crippen molar-refractivity contribution in [2.45, 2.75) is 6.18 Å². The summed E-state index contributed by atoms with van der Waals surface area (Å²) in [5, 5.41) is 8.91. The van der Waals surface area contributed by atoms with Crippen LogP contribution in [0.1, 0.15) is 15.9 Å². The van der Waals surface area contributed by atoms with E-state index in [0.717, 1.165) is 6.07 Å². The lowest BCUT2D eigenvalue weighted by molar-refractivity contribution is -0.138. The molecule has 0 aliphatic carbocycles. The van der Waals surface area contributed by atoms with E-state index in [4.69, 9.17) is 14.6 Å². The van der Waals surface area contributed by atoms with Gasteiger partial charge in [-0.25, -0.2) is 4.79 Å². The van der Waals surface area contributed by atoms with Crippen molar-refractivity contribution in [2.24, 2.45) is 0 Å². The Morgan fingerprint density at radius 1 is 0.759 bits per heavy atom. The molecule has 0 aromatic heterocycles. The molecule has 0 atom stereocenters. The van der Waals surface area contributed by atoms with Crippen LogP contribution in [0.2, 0.25) is 0 Å². The molecule has 0 amide bonds. The minimum absolute atomic E-state index is 0.00672. The van der Waals surface area contributed by atoms with Crippen molar-refractivity contribution >= 4 is 11.8 Å². The second-order valence-electron chi connectivity index (χ2n) is 5.80. The van der Waals surface area contributed by atoms with Crippen LogP contribution in [0.5, 0.6) is 23.0 Å². The van der Waals surface area contributed by atoms with Crippen LogP contribution < -0.4 is 9.47 Å². The van der Waals surface area contributed by atoms with Crippen molar-refractivity contribution in [3.8, 4) is 23.0 Å². The van der Waals surface area contributed by atoms with Gasteiger partial charge >= 0.3 is 12.1 Å². The number of carboxylic acid groups (broad SMARTS) is 1. The number of Topliss-reactive ketones (excluding diaryl/α,β-unsaturated/α-hetero) is 1. The van der Waals surface area contributed by atoms with Gasteiger partial charge in [-0.3, -0.25) is 4.79 Å². The largest absolute Gasteiger partial charge is 0.475 e. The standard InChI is InChI=1S/C21H13F3O5/c22-21(23,24)16-9-2-4-11-18(16)29-14-7-5-6-13(12-14)28-17-10-3-1-8-15(17)19(25)20(26)27/h1-12H,(H,26,27). The van der Waals surface area contributed by atoms with Gasteiger partial charge < -0.3 is 14.6 Å². The fourth-order valence-electron chi connectivity index (χ4n) is 2.50. The normalized spacial score (nSPS) is 11.0. The predicted octanol–water partition coefficient (Wildman–Crippen LogP) is 5.56. The lowest BCUT2D eigenvalue weighted by Gasteiger charge is -2.14. The zero-order valence-corrected chi connectivity index (χ0v) is 14.6. The van der Waals surface area contributed by atoms with Gasteiger partial charge in [0, 0.05) is 6.07 Å². The fraction of sp³-hybridized carbons (Fsp3) is 0.0476. The third kappa shape index (κ3) is 4.73. The molecule has 0 heterocycles. The molecule has 0 aliphatic rings. The number of hydrogen-bond acceptors (Lipinski definition) is 4. The summed E-state index contributed by atoms with van der Waals surface area (Å²) in [5.41, 5.74) is -1.09. The topological polar surface area (TPSA) is 72.8 Å². The molecule has 3 aromatic rings. The monoisotopic (exact) mass is 402 g/mol. The molecule has 29 heavy (non-hydrogen) atoms. The van der Waals surface area contributed by atoms with E-state index < -0.39 is 23.5 Å². The number of aliphatic carboxylic acids is 1. The Hall–Kier alpha value is -3.81. The molecule has 1 N–H and O–H groups in total. The minimum Gasteiger partial charge on any atom is -0.475 e. The van der Waals surface area contributed by atoms with Gasteiger partial charge in [0.05, 0.1) is 11.1 Å². The Kier molecular flexibility index (Phi) is 5.54. The maximum Gasteiger partial charge on any atom is 0.419 e. The van der Waals surface area contributed by atoms with Crippen LogP contribution in [0, 0.1) is 0 Å². The SMILES string of the molecule is O=C(O)C(=O)c1ccccc1Oc1cccc(Oc2ccccc2C(F)(F)F)c1. The number of alkyl halides is 3. The second-order valence-corrected chi connectivity index (χ2v) is 5.80. The van der Waals surface area contributed by atoms with Gasteiger partial charge in [0.25, 0.3) is 5.78 Å². The average Bonchev–Trinajstić information content (AvgIpc) is 2.68. The molecule has 8 heteroatoms. The lowest BCUT2D eigenvalue weighted by Crippen LogP contribution is -2.13. The van der Waals surface area contributed by atoms with Crippen LogP contribution >= 0.6 is 0 Å². The Labute approximate surface area is 162 Å². The van der Waals surface area contributed by atoms with E-state index in [9.17, 15) is 22.8 Å². The molecular formula is C21H13F3O5. The molecule has 0 saturated heterocycles. The number of carboxylic acids is 1. The number of benzene rings is 3. The van der Waals surface area contributed by atoms with E-state index in [1.54, 1.807) is 6.07 Å². The number of carbonyl (C=O) groups is 2. The summed E-state index contributed by atoms with van der Waals surface area (Å²) in [6.07, 6.45) is -4.58. The van der Waals surface area contributed by atoms with Gasteiger partial charge in [-0.2, -0.15) is 13.2 Å². The Bertz CT molecular complexity index is 1060. The number of para-hydroxylation sites is 2. The molecule has 5 nitrogen and oxygen atoms in total. The fourth-order valence-corrected chi connectivity index (χ4v) is 2.50. The van der Waals surface area contributed by atoms with E-state index in [1.165, 1.54) is 60.7 Å². The van der Waals surface area contributed by atoms with Crippen molar-refractivity contribution in [2.75, 3.05) is 0 Å². The third-order valence-corrected chi connectivity index (χ3v) is 3.78. The molecule has 3 aromatic carbocycles. The maximum absolute atomic E-state index is 13.1. The molecule has 0 unspecified atom stereocenters. The summed E-state index contributed by atoms with van der Waals surface area (Å²) in [6, 6.07) is 16.3. The average molecular weight is 402 g/mol. The Morgan fingerprint density at radius 3 is 1.93 bits per heavy atom. The van der Waals surface area contributed by atoms with Crippen molar-refractivity contribution < 1.29 is 37.3 Å². The summed E-state index contributed by atoms with van der Waals surface area (Å²) < 4.78 is 50.3. The summed E-state index contributed by atoms with van der Waals surface area (Å²) in [7, 11) is 0. The van der Waals surface area contributed by atoms with Crippen LogP contribution in [-0.2, 0) is 11.0 Å². The summed E-state index contributed by atoms with van der Waals surface area (Å²) >= 11 is 0. The lowest BCUT2D eigenvalue weighted by atomic mass is 10.1. The molecule has 0 spiro atoms. The Morgan fingerprint density at radius 2 is 1.31 bits per heavy atom. The molecule has 0 radical (unpaired) electrons.